The fraction of sp³-hybridized carbons (Fsp3) is 0.875. The number of ether oxygens (including phenoxy) is 1. The van der Waals surface area contributed by atoms with Crippen molar-refractivity contribution >= 4 is 11.8 Å². The van der Waals surface area contributed by atoms with Crippen molar-refractivity contribution < 1.29 is 14.3 Å². The molecule has 0 bridgehead atoms. The molecule has 1 heterocycles. The van der Waals surface area contributed by atoms with Crippen molar-refractivity contribution in [2.45, 2.75) is 71.0 Å². The Kier molecular flexibility index (Phi) is 6.81. The summed E-state index contributed by atoms with van der Waals surface area (Å²) in [5.74, 6) is -1.11. The van der Waals surface area contributed by atoms with Crippen LogP contribution in [0.1, 0.15) is 53.9 Å². The standard InChI is InChI=1S/C16H31N3O3/c1-6-22-9-7-8-17-13(20)14(21)18-12-10-15(2,3)19-16(4,5)11-12/h12,19H,6-11H2,1-5H3,(H,17,20)(H,18,21). The first kappa shape index (κ1) is 18.9. The first-order valence-electron chi connectivity index (χ1n) is 8.11. The minimum atomic E-state index is -0.564. The van der Waals surface area contributed by atoms with Crippen LogP contribution >= 0.6 is 0 Å². The summed E-state index contributed by atoms with van der Waals surface area (Å²) in [5, 5.41) is 9.04. The van der Waals surface area contributed by atoms with Gasteiger partial charge in [-0.25, -0.2) is 0 Å². The maximum atomic E-state index is 12.0. The van der Waals surface area contributed by atoms with Gasteiger partial charge in [-0.05, 0) is 53.9 Å². The summed E-state index contributed by atoms with van der Waals surface area (Å²) < 4.78 is 5.18. The Balaban J connectivity index is 2.38. The highest BCUT2D eigenvalue weighted by atomic mass is 16.5. The van der Waals surface area contributed by atoms with E-state index in [1.807, 2.05) is 6.92 Å². The molecule has 0 radical (unpaired) electrons. The third-order valence-corrected chi connectivity index (χ3v) is 3.69. The molecule has 1 aliphatic heterocycles. The molecule has 1 aliphatic rings. The van der Waals surface area contributed by atoms with Gasteiger partial charge in [-0.15, -0.1) is 0 Å². The van der Waals surface area contributed by atoms with E-state index in [-0.39, 0.29) is 17.1 Å². The summed E-state index contributed by atoms with van der Waals surface area (Å²) in [4.78, 5) is 23.8. The van der Waals surface area contributed by atoms with E-state index >= 15 is 0 Å². The zero-order valence-electron chi connectivity index (χ0n) is 14.5. The van der Waals surface area contributed by atoms with Crippen LogP contribution in [0.25, 0.3) is 0 Å². The molecule has 128 valence electrons. The molecule has 2 amide bonds. The van der Waals surface area contributed by atoms with Crippen molar-refractivity contribution in [3.63, 3.8) is 0 Å². The SMILES string of the molecule is CCOCCCNC(=O)C(=O)NC1CC(C)(C)NC(C)(C)C1. The number of carbonyl (C=O) groups excluding carboxylic acids is 2. The Morgan fingerprint density at radius 3 is 2.27 bits per heavy atom. The highest BCUT2D eigenvalue weighted by molar-refractivity contribution is 6.35. The molecule has 6 heteroatoms. The van der Waals surface area contributed by atoms with Crippen LogP contribution in [0.3, 0.4) is 0 Å². The minimum Gasteiger partial charge on any atom is -0.382 e. The molecule has 22 heavy (non-hydrogen) atoms. The molecule has 6 nitrogen and oxygen atoms in total. The Morgan fingerprint density at radius 2 is 1.73 bits per heavy atom. The molecule has 3 N–H and O–H groups in total. The molecule has 0 saturated carbocycles. The quantitative estimate of drug-likeness (QED) is 0.504. The molecule has 0 spiro atoms. The molecule has 0 atom stereocenters. The van der Waals surface area contributed by atoms with Gasteiger partial charge in [0.2, 0.25) is 0 Å². The maximum absolute atomic E-state index is 12.0. The molecule has 1 saturated heterocycles. The van der Waals surface area contributed by atoms with Gasteiger partial charge < -0.3 is 20.7 Å². The lowest BCUT2D eigenvalue weighted by atomic mass is 9.79. The van der Waals surface area contributed by atoms with Crippen LogP contribution in [0, 0.1) is 0 Å². The summed E-state index contributed by atoms with van der Waals surface area (Å²) >= 11 is 0. The van der Waals surface area contributed by atoms with Gasteiger partial charge in [-0.2, -0.15) is 0 Å². The number of amides is 2. The largest absolute Gasteiger partial charge is 0.382 e. The Hall–Kier alpha value is -1.14. The van der Waals surface area contributed by atoms with Gasteiger partial charge in [-0.3, -0.25) is 9.59 Å². The van der Waals surface area contributed by atoms with Gasteiger partial charge in [0.1, 0.15) is 0 Å². The lowest BCUT2D eigenvalue weighted by molar-refractivity contribution is -0.140. The van der Waals surface area contributed by atoms with Crippen LogP contribution in [-0.2, 0) is 14.3 Å². The molecule has 0 aromatic heterocycles. The van der Waals surface area contributed by atoms with Gasteiger partial charge in [0, 0.05) is 36.9 Å². The van der Waals surface area contributed by atoms with Crippen LogP contribution in [0.15, 0.2) is 0 Å². The Morgan fingerprint density at radius 1 is 1.14 bits per heavy atom. The van der Waals surface area contributed by atoms with E-state index in [0.29, 0.717) is 26.2 Å². The maximum Gasteiger partial charge on any atom is 0.309 e. The van der Waals surface area contributed by atoms with E-state index in [9.17, 15) is 9.59 Å². The van der Waals surface area contributed by atoms with Crippen LogP contribution in [0.5, 0.6) is 0 Å². The molecule has 0 unspecified atom stereocenters. The van der Waals surface area contributed by atoms with E-state index in [1.54, 1.807) is 0 Å². The molecule has 1 fully saturated rings. The van der Waals surface area contributed by atoms with E-state index < -0.39 is 11.8 Å². The van der Waals surface area contributed by atoms with Crippen LogP contribution in [0.2, 0.25) is 0 Å². The van der Waals surface area contributed by atoms with Gasteiger partial charge in [0.05, 0.1) is 0 Å². The van der Waals surface area contributed by atoms with Crippen molar-refractivity contribution in [2.24, 2.45) is 0 Å². The fourth-order valence-electron chi connectivity index (χ4n) is 3.28. The lowest BCUT2D eigenvalue weighted by Crippen LogP contribution is -2.62. The monoisotopic (exact) mass is 313 g/mol. The number of hydrogen-bond donors (Lipinski definition) is 3. The average molecular weight is 313 g/mol. The second-order valence-electron chi connectivity index (χ2n) is 7.28. The molecule has 0 aliphatic carbocycles. The van der Waals surface area contributed by atoms with Gasteiger partial charge in [0.25, 0.3) is 0 Å². The highest BCUT2D eigenvalue weighted by Crippen LogP contribution is 2.28. The van der Waals surface area contributed by atoms with Crippen molar-refractivity contribution in [3.05, 3.63) is 0 Å². The first-order chi connectivity index (χ1) is 10.2. The predicted octanol–water partition coefficient (Wildman–Crippen LogP) is 0.955. The van der Waals surface area contributed by atoms with E-state index in [4.69, 9.17) is 4.74 Å². The summed E-state index contributed by atoms with van der Waals surface area (Å²) in [6, 6.07) is 0.00734. The molecule has 1 rings (SSSR count). The number of hydrogen-bond acceptors (Lipinski definition) is 4. The van der Waals surface area contributed by atoms with Gasteiger partial charge in [0.15, 0.2) is 0 Å². The first-order valence-corrected chi connectivity index (χ1v) is 8.11. The predicted molar refractivity (Wildman–Crippen MR) is 86.6 cm³/mol. The summed E-state index contributed by atoms with van der Waals surface area (Å²) in [7, 11) is 0. The van der Waals surface area contributed by atoms with Gasteiger partial charge >= 0.3 is 11.8 Å². The molecular weight excluding hydrogens is 282 g/mol. The summed E-state index contributed by atoms with van der Waals surface area (Å²) in [6.45, 7) is 12.1. The van der Waals surface area contributed by atoms with Gasteiger partial charge in [-0.1, -0.05) is 0 Å². The third-order valence-electron chi connectivity index (χ3n) is 3.69. The van der Waals surface area contributed by atoms with Crippen molar-refractivity contribution in [1.82, 2.24) is 16.0 Å². The Labute approximate surface area is 133 Å². The second-order valence-corrected chi connectivity index (χ2v) is 7.28. The molecular formula is C16H31N3O3. The summed E-state index contributed by atoms with van der Waals surface area (Å²) in [6.07, 6.45) is 2.32. The van der Waals surface area contributed by atoms with E-state index in [0.717, 1.165) is 12.8 Å². The number of nitrogens with one attached hydrogen (secondary N) is 3. The van der Waals surface area contributed by atoms with Crippen molar-refractivity contribution in [2.75, 3.05) is 19.8 Å². The minimum absolute atomic E-state index is 0.00734. The zero-order valence-corrected chi connectivity index (χ0v) is 14.5. The Bertz CT molecular complexity index is 378. The topological polar surface area (TPSA) is 79.5 Å². The third kappa shape index (κ3) is 6.75. The fourth-order valence-corrected chi connectivity index (χ4v) is 3.28. The zero-order chi connectivity index (χ0) is 16.8. The van der Waals surface area contributed by atoms with Crippen molar-refractivity contribution in [1.29, 1.82) is 0 Å². The molecule has 0 aromatic carbocycles. The van der Waals surface area contributed by atoms with Crippen molar-refractivity contribution in [3.8, 4) is 0 Å². The van der Waals surface area contributed by atoms with Crippen LogP contribution in [0.4, 0.5) is 0 Å². The average Bonchev–Trinajstić information content (AvgIpc) is 2.34. The molecule has 0 aromatic rings. The lowest BCUT2D eigenvalue weighted by Gasteiger charge is -2.46. The number of piperidine rings is 1. The number of carbonyl (C=O) groups is 2. The highest BCUT2D eigenvalue weighted by Gasteiger charge is 2.38. The van der Waals surface area contributed by atoms with Crippen LogP contribution in [-0.4, -0.2) is 48.7 Å². The second kappa shape index (κ2) is 7.92. The van der Waals surface area contributed by atoms with E-state index in [1.165, 1.54) is 0 Å². The normalized spacial score (nSPS) is 20.4. The number of rotatable bonds is 6. The van der Waals surface area contributed by atoms with Crippen LogP contribution < -0.4 is 16.0 Å². The van der Waals surface area contributed by atoms with E-state index in [2.05, 4.69) is 43.6 Å². The summed E-state index contributed by atoms with van der Waals surface area (Å²) in [5.41, 5.74) is -0.124. The smallest absolute Gasteiger partial charge is 0.309 e.